The molecule has 0 radical (unpaired) electrons. The molecule has 1 aromatic carbocycles. The van der Waals surface area contributed by atoms with Crippen LogP contribution in [0.1, 0.15) is 93.8 Å². The predicted molar refractivity (Wildman–Crippen MR) is 273 cm³/mol. The van der Waals surface area contributed by atoms with Gasteiger partial charge in [-0.3, -0.25) is 43.6 Å². The van der Waals surface area contributed by atoms with E-state index in [9.17, 15) is 38.3 Å². The standard InChI is InChI=1S/C52H60N11O9P/c1-31-27-59(35-12-15-58(16-13-35)36-5-7-39-33(21-36)29-63(49(39)66)42-8-10-46(64)56-48(42)65)17-18-60(31)37-6-9-45(54-26-37)55-41-22-34(28-57(4)50(41)67)38-11-14-53-47(40(38)30-72-73(69,70)71)62-20-19-61-43(51(62)68)23-32-24-52(2,3)25-44(32)61/h5-7,9,11,14,21-23,26,28,31,35,42H,8,10,12-13,15-20,24-25,27,29-30H2,1-4H3,(H,54,55)(H,56,64,65)(H2,69,70,71)/t31-,42?/m0/s1/i4D3. The smallest absolute Gasteiger partial charge is 0.371 e. The van der Waals surface area contributed by atoms with E-state index in [-0.39, 0.29) is 76.2 Å². The van der Waals surface area contributed by atoms with Crippen molar-refractivity contribution in [3.05, 3.63) is 111 Å². The molecule has 4 amide bonds. The Labute approximate surface area is 426 Å². The number of piperidine rings is 2. The summed E-state index contributed by atoms with van der Waals surface area (Å²) < 4.78 is 44.7. The molecular weight excluding hydrogens is 954 g/mol. The van der Waals surface area contributed by atoms with E-state index < -0.39 is 38.9 Å². The number of fused-ring (bicyclic) bond motifs is 4. The quantitative estimate of drug-likeness (QED) is 0.104. The summed E-state index contributed by atoms with van der Waals surface area (Å²) in [7, 11) is -5.06. The van der Waals surface area contributed by atoms with Crippen molar-refractivity contribution in [2.45, 2.75) is 97.1 Å². The summed E-state index contributed by atoms with van der Waals surface area (Å²) in [4.78, 5) is 105. The van der Waals surface area contributed by atoms with E-state index in [4.69, 9.17) is 8.64 Å². The number of carbonyl (C=O) groups excluding carboxylic acids is 4. The minimum absolute atomic E-state index is 0.0701. The SMILES string of the molecule is [2H]C([2H])([2H])n1cc(-c2ccnc(N3CCn4c(cc5c4CC(C)(C)C5)C3=O)c2COP(=O)(O)O)cc(Nc2ccc(N3CCN(C4CCN(c5ccc6c(c5)CN(C5CCC(=O)NC5=O)C6=O)CC4)C[C@@H]3C)cn2)c1=O. The molecule has 20 nitrogen and oxygen atoms in total. The monoisotopic (exact) mass is 1020 g/mol. The van der Waals surface area contributed by atoms with Crippen molar-refractivity contribution >= 4 is 60.1 Å². The largest absolute Gasteiger partial charge is 0.469 e. The number of hydrogen-bond acceptors (Lipinski definition) is 13. The maximum Gasteiger partial charge on any atom is 0.469 e. The van der Waals surface area contributed by atoms with Crippen molar-refractivity contribution in [1.82, 2.24) is 34.2 Å². The van der Waals surface area contributed by atoms with Gasteiger partial charge in [0.25, 0.3) is 17.4 Å². The number of amides is 4. The van der Waals surface area contributed by atoms with E-state index in [0.29, 0.717) is 41.4 Å². The Morgan fingerprint density at radius 1 is 0.877 bits per heavy atom. The molecule has 11 rings (SSSR count). The molecule has 6 aliphatic rings. The minimum Gasteiger partial charge on any atom is -0.371 e. The van der Waals surface area contributed by atoms with Gasteiger partial charge in [0.15, 0.2) is 0 Å². The highest BCUT2D eigenvalue weighted by atomic mass is 31.2. The second-order valence-electron chi connectivity index (χ2n) is 20.9. The molecule has 73 heavy (non-hydrogen) atoms. The summed E-state index contributed by atoms with van der Waals surface area (Å²) >= 11 is 0. The van der Waals surface area contributed by atoms with E-state index in [1.54, 1.807) is 17.2 Å². The van der Waals surface area contributed by atoms with Crippen LogP contribution in [0, 0.1) is 5.41 Å². The van der Waals surface area contributed by atoms with Crippen molar-refractivity contribution in [1.29, 1.82) is 0 Å². The van der Waals surface area contributed by atoms with Crippen LogP contribution in [0.5, 0.6) is 0 Å². The topological polar surface area (TPSA) is 228 Å². The number of anilines is 5. The number of rotatable bonds is 11. The summed E-state index contributed by atoms with van der Waals surface area (Å²) in [6, 6.07) is 14.3. The van der Waals surface area contributed by atoms with Crippen LogP contribution in [0.4, 0.5) is 28.7 Å². The highest BCUT2D eigenvalue weighted by Crippen LogP contribution is 2.43. The van der Waals surface area contributed by atoms with Gasteiger partial charge in [0.1, 0.15) is 29.1 Å². The van der Waals surface area contributed by atoms with Crippen molar-refractivity contribution in [2.24, 2.45) is 12.4 Å². The van der Waals surface area contributed by atoms with Crippen molar-refractivity contribution in [2.75, 3.05) is 59.3 Å². The number of nitrogens with one attached hydrogen (secondary N) is 2. The van der Waals surface area contributed by atoms with Crippen LogP contribution in [0.2, 0.25) is 0 Å². The fourth-order valence-corrected chi connectivity index (χ4v) is 12.2. The highest BCUT2D eigenvalue weighted by molar-refractivity contribution is 7.46. The molecule has 1 unspecified atom stereocenters. The number of nitrogens with zero attached hydrogens (tertiary/aromatic N) is 9. The normalized spacial score (nSPS) is 22.2. The van der Waals surface area contributed by atoms with Gasteiger partial charge in [-0.05, 0) is 110 Å². The van der Waals surface area contributed by atoms with Crippen LogP contribution in [0.25, 0.3) is 11.1 Å². The molecule has 1 aliphatic carbocycles. The number of pyridine rings is 3. The summed E-state index contributed by atoms with van der Waals surface area (Å²) in [5, 5.41) is 5.39. The zero-order valence-electron chi connectivity index (χ0n) is 43.9. The van der Waals surface area contributed by atoms with Crippen LogP contribution < -0.4 is 30.9 Å². The molecule has 5 aliphatic heterocycles. The first-order valence-corrected chi connectivity index (χ1v) is 26.4. The maximum absolute atomic E-state index is 14.2. The third-order valence-corrected chi connectivity index (χ3v) is 15.9. The van der Waals surface area contributed by atoms with Crippen LogP contribution in [0.3, 0.4) is 0 Å². The molecule has 382 valence electrons. The molecule has 0 spiro atoms. The fourth-order valence-electron chi connectivity index (χ4n) is 11.9. The Morgan fingerprint density at radius 3 is 2.42 bits per heavy atom. The van der Waals surface area contributed by atoms with Gasteiger partial charge in [0.2, 0.25) is 11.8 Å². The lowest BCUT2D eigenvalue weighted by molar-refractivity contribution is -0.136. The van der Waals surface area contributed by atoms with E-state index in [1.807, 2.05) is 28.8 Å². The van der Waals surface area contributed by atoms with Gasteiger partial charge in [-0.1, -0.05) is 13.8 Å². The number of carbonyl (C=O) groups is 4. The van der Waals surface area contributed by atoms with Gasteiger partial charge in [-0.15, -0.1) is 0 Å². The zero-order chi connectivity index (χ0) is 53.6. The first-order valence-electron chi connectivity index (χ1n) is 26.3. The van der Waals surface area contributed by atoms with Gasteiger partial charge >= 0.3 is 7.82 Å². The second-order valence-corrected chi connectivity index (χ2v) is 22.1. The molecule has 0 saturated carbocycles. The maximum atomic E-state index is 14.2. The predicted octanol–water partition coefficient (Wildman–Crippen LogP) is 4.72. The lowest BCUT2D eigenvalue weighted by atomic mass is 9.90. The number of hydrogen-bond donors (Lipinski definition) is 4. The van der Waals surface area contributed by atoms with Gasteiger partial charge < -0.3 is 38.9 Å². The Morgan fingerprint density at radius 2 is 1.68 bits per heavy atom. The molecule has 21 heteroatoms. The zero-order valence-corrected chi connectivity index (χ0v) is 41.8. The highest BCUT2D eigenvalue weighted by Gasteiger charge is 2.41. The van der Waals surface area contributed by atoms with Crippen LogP contribution in [0.15, 0.2) is 71.9 Å². The van der Waals surface area contributed by atoms with Gasteiger partial charge in [0, 0.05) is 122 Å². The summed E-state index contributed by atoms with van der Waals surface area (Å²) in [5.74, 6) is -0.914. The summed E-state index contributed by atoms with van der Waals surface area (Å²) in [5.41, 5.74) is 5.71. The molecule has 5 aromatic rings. The van der Waals surface area contributed by atoms with Gasteiger partial charge in [-0.2, -0.15) is 0 Å². The minimum atomic E-state index is -5.06. The molecule has 0 bridgehead atoms. The lowest BCUT2D eigenvalue weighted by Crippen LogP contribution is -2.57. The van der Waals surface area contributed by atoms with Gasteiger partial charge in [0.05, 0.1) is 18.5 Å². The molecule has 4 aromatic heterocycles. The van der Waals surface area contributed by atoms with Crippen LogP contribution in [-0.2, 0) is 58.2 Å². The number of phosphoric acid groups is 1. The Hall–Kier alpha value is -6.70. The number of aryl methyl sites for hydroxylation is 1. The number of imide groups is 1. The van der Waals surface area contributed by atoms with Crippen molar-refractivity contribution < 1.29 is 42.2 Å². The molecule has 4 N–H and O–H groups in total. The van der Waals surface area contributed by atoms with E-state index in [0.717, 1.165) is 92.8 Å². The summed E-state index contributed by atoms with van der Waals surface area (Å²) in [6.07, 6.45) is 8.40. The molecule has 3 fully saturated rings. The fraction of sp³-hybridized carbons (Fsp3) is 0.442. The van der Waals surface area contributed by atoms with Crippen LogP contribution >= 0.6 is 7.82 Å². The Balaban J connectivity index is 0.765. The van der Waals surface area contributed by atoms with E-state index in [2.05, 4.69) is 62.1 Å². The third kappa shape index (κ3) is 9.35. The first-order chi connectivity index (χ1) is 36.1. The van der Waals surface area contributed by atoms with Gasteiger partial charge in [-0.25, -0.2) is 14.5 Å². The third-order valence-electron chi connectivity index (χ3n) is 15.5. The molecular formula is C52H60N11O9P. The van der Waals surface area contributed by atoms with Crippen molar-refractivity contribution in [3.63, 3.8) is 0 Å². The van der Waals surface area contributed by atoms with Crippen molar-refractivity contribution in [3.8, 4) is 11.1 Å². The summed E-state index contributed by atoms with van der Waals surface area (Å²) in [6.45, 7) is 8.05. The molecule has 2 atom stereocenters. The lowest BCUT2D eigenvalue weighted by Gasteiger charge is -2.46. The van der Waals surface area contributed by atoms with Crippen LogP contribution in [-0.4, -0.2) is 120 Å². The van der Waals surface area contributed by atoms with E-state index in [1.165, 1.54) is 23.2 Å². The average Bonchev–Trinajstić information content (AvgIpc) is 4.07. The number of piperazine rings is 1. The van der Waals surface area contributed by atoms with E-state index >= 15 is 0 Å². The average molecular weight is 1020 g/mol. The number of aromatic nitrogens is 4. The Kier molecular flexibility index (Phi) is 11.5. The molecule has 9 heterocycles. The second kappa shape index (κ2) is 18.7. The first kappa shape index (κ1) is 45.0. The number of benzene rings is 1. The molecule has 3 saturated heterocycles. The number of phosphoric ester groups is 1. The Bertz CT molecular complexity index is 3300.